The van der Waals surface area contributed by atoms with Crippen molar-refractivity contribution in [3.63, 3.8) is 0 Å². The molecule has 3 N–H and O–H groups in total. The summed E-state index contributed by atoms with van der Waals surface area (Å²) in [6.45, 7) is 4.43. The molecule has 1 aromatic rings. The van der Waals surface area contributed by atoms with Crippen molar-refractivity contribution in [2.45, 2.75) is 26.7 Å². The van der Waals surface area contributed by atoms with Crippen molar-refractivity contribution in [1.29, 1.82) is 5.41 Å². The van der Waals surface area contributed by atoms with Crippen LogP contribution in [0.1, 0.15) is 25.3 Å². The fraction of sp³-hybridized carbons (Fsp3) is 0.429. The molecule has 1 rings (SSSR count). The van der Waals surface area contributed by atoms with Crippen LogP contribution in [0.3, 0.4) is 0 Å². The number of guanidine groups is 1. The van der Waals surface area contributed by atoms with Crippen LogP contribution in [0.4, 0.5) is 10.5 Å². The second-order valence-corrected chi connectivity index (χ2v) is 5.49. The summed E-state index contributed by atoms with van der Waals surface area (Å²) in [6.07, 6.45) is 1.75. The van der Waals surface area contributed by atoms with Crippen molar-refractivity contribution in [2.24, 2.45) is 5.73 Å². The quantitative estimate of drug-likeness (QED) is 0.651. The lowest BCUT2D eigenvalue weighted by Crippen LogP contribution is -2.48. The Hall–Kier alpha value is -1.56. The first-order valence-electron chi connectivity index (χ1n) is 6.54. The zero-order chi connectivity index (χ0) is 15.3. The number of amides is 2. The van der Waals surface area contributed by atoms with Crippen molar-refractivity contribution in [3.05, 3.63) is 28.2 Å². The van der Waals surface area contributed by atoms with Crippen LogP contribution in [-0.2, 0) is 0 Å². The van der Waals surface area contributed by atoms with E-state index in [1.807, 2.05) is 32.0 Å². The summed E-state index contributed by atoms with van der Waals surface area (Å²) >= 11 is 3.46. The van der Waals surface area contributed by atoms with Gasteiger partial charge in [0.2, 0.25) is 0 Å². The molecule has 0 radical (unpaired) electrons. The van der Waals surface area contributed by atoms with Gasteiger partial charge in [0.05, 0.1) is 5.69 Å². The normalized spacial score (nSPS) is 10.2. The minimum absolute atomic E-state index is 0.222. The number of hydrogen-bond acceptors (Lipinski definition) is 2. The Kier molecular flexibility index (Phi) is 6.01. The maximum atomic E-state index is 12.5. The molecule has 0 aromatic heterocycles. The van der Waals surface area contributed by atoms with E-state index in [9.17, 15) is 4.79 Å². The molecule has 0 aliphatic carbocycles. The molecule has 0 aliphatic rings. The number of aryl methyl sites for hydroxylation is 1. The van der Waals surface area contributed by atoms with Crippen molar-refractivity contribution in [2.75, 3.05) is 18.5 Å². The summed E-state index contributed by atoms with van der Waals surface area (Å²) < 4.78 is 0.840. The van der Waals surface area contributed by atoms with Gasteiger partial charge in [-0.1, -0.05) is 25.5 Å². The predicted octanol–water partition coefficient (Wildman–Crippen LogP) is 3.31. The van der Waals surface area contributed by atoms with Crippen molar-refractivity contribution in [3.8, 4) is 0 Å². The van der Waals surface area contributed by atoms with Gasteiger partial charge in [-0.2, -0.15) is 0 Å². The molecular formula is C14H21BrN4O. The number of carbonyl (C=O) groups is 1. The molecule has 0 heterocycles. The van der Waals surface area contributed by atoms with Gasteiger partial charge in [0.1, 0.15) is 0 Å². The zero-order valence-corrected chi connectivity index (χ0v) is 13.7. The minimum atomic E-state index is -0.291. The summed E-state index contributed by atoms with van der Waals surface area (Å²) in [5.41, 5.74) is 7.29. The lowest BCUT2D eigenvalue weighted by molar-refractivity contribution is 0.227. The number of nitrogens with zero attached hydrogens (tertiary/aromatic N) is 2. The largest absolute Gasteiger partial charge is 0.370 e. The lowest BCUT2D eigenvalue weighted by atomic mass is 10.2. The number of anilines is 1. The summed E-state index contributed by atoms with van der Waals surface area (Å²) in [5, 5.41) is 7.57. The van der Waals surface area contributed by atoms with E-state index >= 15 is 0 Å². The molecule has 110 valence electrons. The third-order valence-electron chi connectivity index (χ3n) is 3.07. The lowest BCUT2D eigenvalue weighted by Gasteiger charge is -2.28. The summed E-state index contributed by atoms with van der Waals surface area (Å²) in [4.78, 5) is 15.3. The molecule has 5 nitrogen and oxygen atoms in total. The van der Waals surface area contributed by atoms with E-state index in [2.05, 4.69) is 15.9 Å². The number of rotatable bonds is 4. The Morgan fingerprint density at radius 3 is 2.60 bits per heavy atom. The molecule has 20 heavy (non-hydrogen) atoms. The van der Waals surface area contributed by atoms with Crippen LogP contribution in [0.2, 0.25) is 0 Å². The highest BCUT2D eigenvalue weighted by molar-refractivity contribution is 9.10. The second kappa shape index (κ2) is 7.28. The van der Waals surface area contributed by atoms with Gasteiger partial charge in [-0.3, -0.25) is 15.2 Å². The van der Waals surface area contributed by atoms with E-state index < -0.39 is 0 Å². The average molecular weight is 341 g/mol. The number of halogens is 1. The van der Waals surface area contributed by atoms with Crippen molar-refractivity contribution in [1.82, 2.24) is 4.90 Å². The van der Waals surface area contributed by atoms with Crippen molar-refractivity contribution >= 4 is 33.6 Å². The molecule has 2 amide bonds. The Labute approximate surface area is 128 Å². The predicted molar refractivity (Wildman–Crippen MR) is 86.2 cm³/mol. The number of nitrogens with one attached hydrogen (secondary N) is 1. The molecule has 0 fully saturated rings. The number of unbranched alkanes of at least 4 members (excludes halogenated alkanes) is 1. The number of hydrogen-bond donors (Lipinski definition) is 2. The highest BCUT2D eigenvalue weighted by Gasteiger charge is 2.23. The fourth-order valence-electron chi connectivity index (χ4n) is 1.96. The molecule has 0 bridgehead atoms. The van der Waals surface area contributed by atoms with Crippen LogP contribution in [0.25, 0.3) is 0 Å². The Bertz CT molecular complexity index is 484. The van der Waals surface area contributed by atoms with Crippen LogP contribution >= 0.6 is 15.9 Å². The van der Waals surface area contributed by atoms with E-state index in [0.29, 0.717) is 6.54 Å². The molecule has 0 atom stereocenters. The third-order valence-corrected chi connectivity index (χ3v) is 3.71. The highest BCUT2D eigenvalue weighted by Crippen LogP contribution is 2.29. The number of para-hydroxylation sites is 1. The van der Waals surface area contributed by atoms with Crippen molar-refractivity contribution < 1.29 is 4.79 Å². The number of carbonyl (C=O) groups excluding carboxylic acids is 1. The average Bonchev–Trinajstić information content (AvgIpc) is 2.38. The molecule has 1 aromatic carbocycles. The van der Waals surface area contributed by atoms with Crippen LogP contribution < -0.4 is 10.6 Å². The minimum Gasteiger partial charge on any atom is -0.370 e. The summed E-state index contributed by atoms with van der Waals surface area (Å²) in [6, 6.07) is 5.45. The fourth-order valence-corrected chi connectivity index (χ4v) is 2.69. The second-order valence-electron chi connectivity index (χ2n) is 4.64. The Morgan fingerprint density at radius 1 is 1.45 bits per heavy atom. The van der Waals surface area contributed by atoms with Crippen LogP contribution in [0, 0.1) is 12.3 Å². The highest BCUT2D eigenvalue weighted by atomic mass is 79.9. The Morgan fingerprint density at radius 2 is 2.10 bits per heavy atom. The summed E-state index contributed by atoms with van der Waals surface area (Å²) in [5.74, 6) is -0.222. The SMILES string of the molecule is CCCCN(C(=N)N)C(=O)N(C)c1c(C)cccc1Br. The molecule has 0 unspecified atom stereocenters. The monoisotopic (exact) mass is 340 g/mol. The van der Waals surface area contributed by atoms with Gasteiger partial charge >= 0.3 is 6.03 Å². The molecule has 0 aliphatic heterocycles. The first kappa shape index (κ1) is 16.5. The first-order valence-corrected chi connectivity index (χ1v) is 7.33. The molecule has 0 saturated heterocycles. The van der Waals surface area contributed by atoms with Gasteiger partial charge in [-0.25, -0.2) is 4.79 Å². The van der Waals surface area contributed by atoms with E-state index in [1.54, 1.807) is 7.05 Å². The Balaban J connectivity index is 3.02. The van der Waals surface area contributed by atoms with E-state index in [0.717, 1.165) is 28.6 Å². The van der Waals surface area contributed by atoms with Crippen LogP contribution in [0.15, 0.2) is 22.7 Å². The van der Waals surface area contributed by atoms with Crippen LogP contribution in [-0.4, -0.2) is 30.5 Å². The number of urea groups is 1. The maximum Gasteiger partial charge on any atom is 0.331 e. The topological polar surface area (TPSA) is 73.4 Å². The van der Waals surface area contributed by atoms with Gasteiger partial charge in [0.25, 0.3) is 0 Å². The van der Waals surface area contributed by atoms with Gasteiger partial charge < -0.3 is 5.73 Å². The summed E-state index contributed by atoms with van der Waals surface area (Å²) in [7, 11) is 1.69. The van der Waals surface area contributed by atoms with Gasteiger partial charge in [-0.05, 0) is 40.9 Å². The third kappa shape index (κ3) is 3.72. The van der Waals surface area contributed by atoms with Gasteiger partial charge in [0, 0.05) is 18.1 Å². The zero-order valence-electron chi connectivity index (χ0n) is 12.1. The molecule has 6 heteroatoms. The van der Waals surface area contributed by atoms with E-state index in [4.69, 9.17) is 11.1 Å². The first-order chi connectivity index (χ1) is 9.40. The van der Waals surface area contributed by atoms with E-state index in [1.165, 1.54) is 9.80 Å². The van der Waals surface area contributed by atoms with Gasteiger partial charge in [0.15, 0.2) is 5.96 Å². The maximum absolute atomic E-state index is 12.5. The molecule has 0 spiro atoms. The molecule has 0 saturated carbocycles. The number of nitrogens with two attached hydrogens (primary N) is 1. The smallest absolute Gasteiger partial charge is 0.331 e. The van der Waals surface area contributed by atoms with E-state index in [-0.39, 0.29) is 12.0 Å². The standard InChI is InChI=1S/C14H21BrN4O/c1-4-5-9-19(13(16)17)14(20)18(3)12-10(2)7-6-8-11(12)15/h6-8H,4-5,9H2,1-3H3,(H3,16,17). The number of benzene rings is 1. The van der Waals surface area contributed by atoms with Crippen LogP contribution in [0.5, 0.6) is 0 Å². The molecular weight excluding hydrogens is 320 g/mol. The van der Waals surface area contributed by atoms with Gasteiger partial charge in [-0.15, -0.1) is 0 Å².